The molecule has 0 spiro atoms. The molecule has 6 rings (SSSR count). The molecule has 1 heterocycles. The molecule has 1 aliphatic heterocycles. The Morgan fingerprint density at radius 2 is 1.43 bits per heavy atom. The molecule has 6 fully saturated rings. The zero-order valence-corrected chi connectivity index (χ0v) is 17.3. The molecule has 28 heavy (non-hydrogen) atoms. The number of carbonyl (C=O) groups excluding carboxylic acids is 2. The number of rotatable bonds is 5. The second-order valence-electron chi connectivity index (χ2n) is 10.6. The lowest BCUT2D eigenvalue weighted by Gasteiger charge is -2.55. The number of nitrogens with zero attached hydrogens (tertiary/aromatic N) is 2. The van der Waals surface area contributed by atoms with Crippen LogP contribution in [0.4, 0.5) is 0 Å². The summed E-state index contributed by atoms with van der Waals surface area (Å²) in [5.41, 5.74) is -0.0926. The maximum Gasteiger partial charge on any atom is 0.226 e. The molecular weight excluding hydrogens is 350 g/mol. The van der Waals surface area contributed by atoms with Crippen molar-refractivity contribution in [1.82, 2.24) is 15.1 Å². The Labute approximate surface area is 169 Å². The van der Waals surface area contributed by atoms with E-state index >= 15 is 0 Å². The van der Waals surface area contributed by atoms with E-state index in [2.05, 4.69) is 10.2 Å². The molecule has 1 saturated heterocycles. The van der Waals surface area contributed by atoms with Crippen LogP contribution in [0.25, 0.3) is 0 Å². The zero-order valence-electron chi connectivity index (χ0n) is 17.3. The summed E-state index contributed by atoms with van der Waals surface area (Å²) in [4.78, 5) is 30.2. The minimum atomic E-state index is -0.0926. The Bertz CT molecular complexity index is 570. The molecule has 156 valence electrons. The summed E-state index contributed by atoms with van der Waals surface area (Å²) in [5, 5.41) is 3.17. The van der Waals surface area contributed by atoms with Gasteiger partial charge in [-0.05, 0) is 69.1 Å². The van der Waals surface area contributed by atoms with Gasteiger partial charge >= 0.3 is 0 Å². The van der Waals surface area contributed by atoms with Gasteiger partial charge in [0.2, 0.25) is 11.8 Å². The fourth-order valence-corrected chi connectivity index (χ4v) is 7.62. The van der Waals surface area contributed by atoms with Gasteiger partial charge in [0, 0.05) is 50.6 Å². The summed E-state index contributed by atoms with van der Waals surface area (Å²) < 4.78 is 0. The van der Waals surface area contributed by atoms with E-state index in [1.165, 1.54) is 44.9 Å². The molecule has 0 aromatic carbocycles. The van der Waals surface area contributed by atoms with Crippen molar-refractivity contribution in [3.05, 3.63) is 0 Å². The van der Waals surface area contributed by atoms with E-state index in [1.807, 2.05) is 4.90 Å². The van der Waals surface area contributed by atoms with Gasteiger partial charge in [-0.1, -0.05) is 12.8 Å². The summed E-state index contributed by atoms with van der Waals surface area (Å²) in [6.45, 7) is 4.28. The lowest BCUT2D eigenvalue weighted by atomic mass is 9.49. The third kappa shape index (κ3) is 3.59. The number of hydrogen-bond donors (Lipinski definition) is 1. The van der Waals surface area contributed by atoms with Crippen LogP contribution >= 0.6 is 0 Å². The summed E-state index contributed by atoms with van der Waals surface area (Å²) in [6, 6.07) is 0.761. The van der Waals surface area contributed by atoms with Crippen molar-refractivity contribution in [3.8, 4) is 0 Å². The van der Waals surface area contributed by atoms with E-state index in [0.717, 1.165) is 69.2 Å². The molecule has 5 aliphatic carbocycles. The standard InChI is InChI=1S/C23H37N3O2/c27-21(26-9-7-25(8-10-26)20-3-1-2-4-20)5-6-24-22(28)23-14-17-11-18(15-23)13-19(12-17)16-23/h17-20H,1-16H2,(H,24,28). The van der Waals surface area contributed by atoms with Gasteiger partial charge in [0.1, 0.15) is 0 Å². The Kier molecular flexibility index (Phi) is 5.14. The number of carbonyl (C=O) groups is 2. The summed E-state index contributed by atoms with van der Waals surface area (Å²) in [5.74, 6) is 2.83. The maximum atomic E-state index is 13.0. The average molecular weight is 388 g/mol. The van der Waals surface area contributed by atoms with Gasteiger partial charge in [-0.15, -0.1) is 0 Å². The Balaban J connectivity index is 1.06. The first-order chi connectivity index (χ1) is 13.6. The molecule has 4 bridgehead atoms. The first-order valence-corrected chi connectivity index (χ1v) is 11.9. The highest BCUT2D eigenvalue weighted by atomic mass is 16.2. The molecule has 5 heteroatoms. The molecule has 2 amide bonds. The van der Waals surface area contributed by atoms with Crippen molar-refractivity contribution in [1.29, 1.82) is 0 Å². The second-order valence-corrected chi connectivity index (χ2v) is 10.6. The smallest absolute Gasteiger partial charge is 0.226 e. The third-order valence-corrected chi connectivity index (χ3v) is 8.65. The fourth-order valence-electron chi connectivity index (χ4n) is 7.62. The highest BCUT2D eigenvalue weighted by molar-refractivity contribution is 5.84. The van der Waals surface area contributed by atoms with Crippen LogP contribution in [0.15, 0.2) is 0 Å². The van der Waals surface area contributed by atoms with E-state index in [1.54, 1.807) is 0 Å². The van der Waals surface area contributed by atoms with Crippen LogP contribution in [-0.4, -0.2) is 60.4 Å². The predicted molar refractivity (Wildman–Crippen MR) is 109 cm³/mol. The van der Waals surface area contributed by atoms with Crippen LogP contribution in [0, 0.1) is 23.2 Å². The molecule has 0 aromatic heterocycles. The first kappa shape index (κ1) is 18.9. The monoisotopic (exact) mass is 387 g/mol. The Morgan fingerprint density at radius 3 is 2.00 bits per heavy atom. The topological polar surface area (TPSA) is 52.7 Å². The van der Waals surface area contributed by atoms with Gasteiger partial charge in [0.15, 0.2) is 0 Å². The van der Waals surface area contributed by atoms with Crippen LogP contribution in [-0.2, 0) is 9.59 Å². The van der Waals surface area contributed by atoms with E-state index in [9.17, 15) is 9.59 Å². The van der Waals surface area contributed by atoms with Crippen molar-refractivity contribution in [2.75, 3.05) is 32.7 Å². The number of hydrogen-bond acceptors (Lipinski definition) is 3. The molecule has 0 aromatic rings. The van der Waals surface area contributed by atoms with Gasteiger partial charge in [-0.25, -0.2) is 0 Å². The van der Waals surface area contributed by atoms with Crippen molar-refractivity contribution in [3.63, 3.8) is 0 Å². The second kappa shape index (κ2) is 7.62. The summed E-state index contributed by atoms with van der Waals surface area (Å²) >= 11 is 0. The van der Waals surface area contributed by atoms with Crippen LogP contribution in [0.1, 0.15) is 70.6 Å². The van der Waals surface area contributed by atoms with Crippen molar-refractivity contribution >= 4 is 11.8 Å². The maximum absolute atomic E-state index is 13.0. The molecule has 6 aliphatic rings. The highest BCUT2D eigenvalue weighted by Gasteiger charge is 2.54. The quantitative estimate of drug-likeness (QED) is 0.789. The van der Waals surface area contributed by atoms with Gasteiger partial charge in [-0.3, -0.25) is 14.5 Å². The van der Waals surface area contributed by atoms with Crippen molar-refractivity contribution in [2.24, 2.45) is 23.2 Å². The molecular formula is C23H37N3O2. The van der Waals surface area contributed by atoms with E-state index < -0.39 is 0 Å². The van der Waals surface area contributed by atoms with Gasteiger partial charge < -0.3 is 10.2 Å². The molecule has 0 unspecified atom stereocenters. The molecule has 5 nitrogen and oxygen atoms in total. The SMILES string of the molecule is O=C(CCNC(=O)C12CC3CC(CC(C3)C1)C2)N1CCN(C2CCCC2)CC1. The normalized spacial score (nSPS) is 38.1. The first-order valence-electron chi connectivity index (χ1n) is 11.9. The largest absolute Gasteiger partial charge is 0.355 e. The molecule has 5 saturated carbocycles. The van der Waals surface area contributed by atoms with Crippen LogP contribution < -0.4 is 5.32 Å². The van der Waals surface area contributed by atoms with Crippen molar-refractivity contribution in [2.45, 2.75) is 76.7 Å². The van der Waals surface area contributed by atoms with Gasteiger partial charge in [0.05, 0.1) is 0 Å². The minimum Gasteiger partial charge on any atom is -0.355 e. The molecule has 0 radical (unpaired) electrons. The number of nitrogens with one attached hydrogen (secondary N) is 1. The average Bonchev–Trinajstić information content (AvgIpc) is 3.22. The lowest BCUT2D eigenvalue weighted by Crippen LogP contribution is -2.54. The minimum absolute atomic E-state index is 0.0926. The van der Waals surface area contributed by atoms with Gasteiger partial charge in [-0.2, -0.15) is 0 Å². The van der Waals surface area contributed by atoms with Crippen molar-refractivity contribution < 1.29 is 9.59 Å². The number of amides is 2. The number of piperazine rings is 1. The van der Waals surface area contributed by atoms with E-state index in [4.69, 9.17) is 0 Å². The molecule has 1 N–H and O–H groups in total. The third-order valence-electron chi connectivity index (χ3n) is 8.65. The van der Waals surface area contributed by atoms with E-state index in [-0.39, 0.29) is 17.2 Å². The Hall–Kier alpha value is -1.10. The van der Waals surface area contributed by atoms with E-state index in [0.29, 0.717) is 13.0 Å². The summed E-state index contributed by atoms with van der Waals surface area (Å²) in [7, 11) is 0. The lowest BCUT2D eigenvalue weighted by molar-refractivity contribution is -0.146. The Morgan fingerprint density at radius 1 is 0.857 bits per heavy atom. The zero-order chi connectivity index (χ0) is 19.1. The van der Waals surface area contributed by atoms with Crippen LogP contribution in [0.3, 0.4) is 0 Å². The summed E-state index contributed by atoms with van der Waals surface area (Å²) in [6.07, 6.45) is 13.2. The van der Waals surface area contributed by atoms with Crippen LogP contribution in [0.2, 0.25) is 0 Å². The molecule has 0 atom stereocenters. The fraction of sp³-hybridized carbons (Fsp3) is 0.913. The predicted octanol–water partition coefficient (Wildman–Crippen LogP) is 2.80. The highest BCUT2D eigenvalue weighted by Crippen LogP contribution is 2.60. The van der Waals surface area contributed by atoms with Gasteiger partial charge in [0.25, 0.3) is 0 Å². The van der Waals surface area contributed by atoms with Crippen LogP contribution in [0.5, 0.6) is 0 Å².